The molecule has 1 unspecified atom stereocenters. The van der Waals surface area contributed by atoms with Gasteiger partial charge >= 0.3 is 0 Å². The Morgan fingerprint density at radius 3 is 2.81 bits per heavy atom. The highest BCUT2D eigenvalue weighted by Crippen LogP contribution is 2.34. The van der Waals surface area contributed by atoms with Crippen molar-refractivity contribution in [1.82, 2.24) is 30.2 Å². The number of ether oxygens (including phenoxy) is 1. The minimum atomic E-state index is -0.603. The van der Waals surface area contributed by atoms with E-state index in [1.807, 2.05) is 29.2 Å². The normalized spacial score (nSPS) is 17.4. The van der Waals surface area contributed by atoms with E-state index in [1.165, 1.54) is 6.07 Å². The third-order valence-corrected chi connectivity index (χ3v) is 4.89. The SMILES string of the molecule is Fc1ccc(-c2ccc(-c3cnn(C4CCCCO4)c3)c3cn[nH]c23)nn1. The second kappa shape index (κ2) is 6.55. The van der Waals surface area contributed by atoms with Gasteiger partial charge in [0.05, 0.1) is 23.6 Å². The number of hydrogen-bond donors (Lipinski definition) is 1. The first-order valence-electron chi connectivity index (χ1n) is 8.91. The summed E-state index contributed by atoms with van der Waals surface area (Å²) in [4.78, 5) is 0. The summed E-state index contributed by atoms with van der Waals surface area (Å²) in [6, 6.07) is 6.84. The van der Waals surface area contributed by atoms with Gasteiger partial charge in [-0.15, -0.1) is 10.2 Å². The van der Waals surface area contributed by atoms with Crippen LogP contribution >= 0.6 is 0 Å². The van der Waals surface area contributed by atoms with Crippen molar-refractivity contribution in [2.24, 2.45) is 0 Å². The van der Waals surface area contributed by atoms with Crippen molar-refractivity contribution in [2.75, 3.05) is 6.61 Å². The molecule has 1 atom stereocenters. The molecule has 0 amide bonds. The molecule has 1 aliphatic rings. The molecule has 1 saturated heterocycles. The molecule has 1 N–H and O–H groups in total. The molecule has 0 spiro atoms. The van der Waals surface area contributed by atoms with Crippen LogP contribution in [0.5, 0.6) is 0 Å². The molecule has 0 aliphatic carbocycles. The molecule has 0 radical (unpaired) electrons. The molecule has 136 valence electrons. The van der Waals surface area contributed by atoms with Crippen molar-refractivity contribution < 1.29 is 9.13 Å². The summed E-state index contributed by atoms with van der Waals surface area (Å²) in [6.45, 7) is 0.777. The van der Waals surface area contributed by atoms with E-state index in [4.69, 9.17) is 4.74 Å². The Bertz CT molecular complexity index is 1080. The number of aromatic amines is 1. The van der Waals surface area contributed by atoms with Crippen molar-refractivity contribution in [3.05, 3.63) is 48.8 Å². The van der Waals surface area contributed by atoms with Crippen LogP contribution < -0.4 is 0 Å². The lowest BCUT2D eigenvalue weighted by atomic mass is 10.0. The monoisotopic (exact) mass is 364 g/mol. The van der Waals surface area contributed by atoms with Crippen LogP contribution in [0.4, 0.5) is 4.39 Å². The maximum Gasteiger partial charge on any atom is 0.233 e. The third-order valence-electron chi connectivity index (χ3n) is 4.89. The van der Waals surface area contributed by atoms with E-state index >= 15 is 0 Å². The van der Waals surface area contributed by atoms with Crippen LogP contribution in [0.2, 0.25) is 0 Å². The number of halogens is 1. The van der Waals surface area contributed by atoms with Crippen LogP contribution in [0.1, 0.15) is 25.5 Å². The molecule has 1 fully saturated rings. The first kappa shape index (κ1) is 16.1. The van der Waals surface area contributed by atoms with Crippen LogP contribution in [-0.4, -0.2) is 36.8 Å². The second-order valence-electron chi connectivity index (χ2n) is 6.59. The Balaban J connectivity index is 1.55. The average molecular weight is 364 g/mol. The highest BCUT2D eigenvalue weighted by molar-refractivity contribution is 6.01. The van der Waals surface area contributed by atoms with Crippen LogP contribution in [0.15, 0.2) is 42.9 Å². The largest absolute Gasteiger partial charge is 0.357 e. The number of benzene rings is 1. The molecule has 27 heavy (non-hydrogen) atoms. The van der Waals surface area contributed by atoms with Crippen molar-refractivity contribution in [3.8, 4) is 22.4 Å². The van der Waals surface area contributed by atoms with Gasteiger partial charge in [0.1, 0.15) is 6.23 Å². The Morgan fingerprint density at radius 2 is 2.00 bits per heavy atom. The van der Waals surface area contributed by atoms with Gasteiger partial charge in [-0.05, 0) is 43.0 Å². The number of nitrogens with zero attached hydrogens (tertiary/aromatic N) is 5. The number of H-pyrrole nitrogens is 1. The Kier molecular flexibility index (Phi) is 3.90. The zero-order valence-electron chi connectivity index (χ0n) is 14.5. The van der Waals surface area contributed by atoms with E-state index in [2.05, 4.69) is 25.5 Å². The van der Waals surface area contributed by atoms with Crippen LogP contribution in [0.3, 0.4) is 0 Å². The Morgan fingerprint density at radius 1 is 1.07 bits per heavy atom. The summed E-state index contributed by atoms with van der Waals surface area (Å²) in [7, 11) is 0. The van der Waals surface area contributed by atoms with Gasteiger partial charge in [-0.25, -0.2) is 4.68 Å². The lowest BCUT2D eigenvalue weighted by molar-refractivity contribution is -0.0394. The molecule has 5 rings (SSSR count). The summed E-state index contributed by atoms with van der Waals surface area (Å²) in [5, 5.41) is 20.1. The molecule has 3 aromatic heterocycles. The quantitative estimate of drug-likeness (QED) is 0.599. The fourth-order valence-corrected chi connectivity index (χ4v) is 3.53. The van der Waals surface area contributed by atoms with E-state index in [-0.39, 0.29) is 6.23 Å². The van der Waals surface area contributed by atoms with Gasteiger partial charge in [-0.2, -0.15) is 14.6 Å². The fraction of sp³-hybridized carbons (Fsp3) is 0.263. The van der Waals surface area contributed by atoms with Crippen LogP contribution in [0.25, 0.3) is 33.3 Å². The maximum atomic E-state index is 13.1. The summed E-state index contributed by atoms with van der Waals surface area (Å²) in [5.41, 5.74) is 4.24. The summed E-state index contributed by atoms with van der Waals surface area (Å²) in [6.07, 6.45) is 8.87. The molecule has 4 aromatic rings. The topological polar surface area (TPSA) is 81.5 Å². The minimum absolute atomic E-state index is 0.00102. The summed E-state index contributed by atoms with van der Waals surface area (Å²) < 4.78 is 20.8. The summed E-state index contributed by atoms with van der Waals surface area (Å²) >= 11 is 0. The zero-order valence-corrected chi connectivity index (χ0v) is 14.5. The van der Waals surface area contributed by atoms with Crippen LogP contribution in [-0.2, 0) is 4.74 Å². The van der Waals surface area contributed by atoms with Gasteiger partial charge in [0, 0.05) is 29.3 Å². The van der Waals surface area contributed by atoms with E-state index in [0.29, 0.717) is 5.69 Å². The second-order valence-corrected chi connectivity index (χ2v) is 6.59. The van der Waals surface area contributed by atoms with Gasteiger partial charge in [0.25, 0.3) is 0 Å². The predicted octanol–water partition coefficient (Wildman–Crippen LogP) is 3.72. The standard InChI is InChI=1S/C19H17FN6O/c20-17-7-6-16(23-24-17)14-5-4-13(15-10-21-25-19(14)15)12-9-22-26(11-12)18-3-1-2-8-27-18/h4-7,9-11,18H,1-3,8H2,(H,21,25). The van der Waals surface area contributed by atoms with Gasteiger partial charge < -0.3 is 4.74 Å². The van der Waals surface area contributed by atoms with Crippen molar-refractivity contribution in [2.45, 2.75) is 25.5 Å². The zero-order chi connectivity index (χ0) is 18.2. The molecular weight excluding hydrogens is 347 g/mol. The number of nitrogens with one attached hydrogen (secondary N) is 1. The lowest BCUT2D eigenvalue weighted by Gasteiger charge is -2.22. The van der Waals surface area contributed by atoms with Gasteiger partial charge in [-0.3, -0.25) is 5.10 Å². The first-order valence-corrected chi connectivity index (χ1v) is 8.91. The molecule has 1 aliphatic heterocycles. The predicted molar refractivity (Wildman–Crippen MR) is 97.1 cm³/mol. The fourth-order valence-electron chi connectivity index (χ4n) is 3.53. The van der Waals surface area contributed by atoms with Gasteiger partial charge in [0.15, 0.2) is 0 Å². The third kappa shape index (κ3) is 2.87. The van der Waals surface area contributed by atoms with Crippen molar-refractivity contribution >= 4 is 10.9 Å². The van der Waals surface area contributed by atoms with Crippen molar-refractivity contribution in [3.63, 3.8) is 0 Å². The smallest absolute Gasteiger partial charge is 0.233 e. The number of fused-ring (bicyclic) bond motifs is 1. The highest BCUT2D eigenvalue weighted by Gasteiger charge is 2.18. The number of aromatic nitrogens is 6. The Labute approximate surface area is 154 Å². The van der Waals surface area contributed by atoms with Crippen LogP contribution in [0, 0.1) is 5.95 Å². The lowest BCUT2D eigenvalue weighted by Crippen LogP contribution is -2.18. The molecule has 1 aromatic carbocycles. The van der Waals surface area contributed by atoms with E-state index < -0.39 is 5.95 Å². The average Bonchev–Trinajstić information content (AvgIpc) is 3.39. The van der Waals surface area contributed by atoms with E-state index in [0.717, 1.165) is 53.5 Å². The first-order chi connectivity index (χ1) is 13.3. The molecule has 4 heterocycles. The molecular formula is C19H17FN6O. The van der Waals surface area contributed by atoms with Gasteiger partial charge in [0.2, 0.25) is 5.95 Å². The molecule has 0 saturated carbocycles. The van der Waals surface area contributed by atoms with Crippen molar-refractivity contribution in [1.29, 1.82) is 0 Å². The highest BCUT2D eigenvalue weighted by atomic mass is 19.1. The van der Waals surface area contributed by atoms with E-state index in [9.17, 15) is 4.39 Å². The molecule has 0 bridgehead atoms. The number of hydrogen-bond acceptors (Lipinski definition) is 5. The van der Waals surface area contributed by atoms with Gasteiger partial charge in [-0.1, -0.05) is 6.07 Å². The maximum absolute atomic E-state index is 13.1. The Hall–Kier alpha value is -3.13. The summed E-state index contributed by atoms with van der Waals surface area (Å²) in [5.74, 6) is -0.603. The molecule has 7 nitrogen and oxygen atoms in total. The van der Waals surface area contributed by atoms with E-state index in [1.54, 1.807) is 12.3 Å². The number of rotatable bonds is 3. The minimum Gasteiger partial charge on any atom is -0.357 e. The molecule has 8 heteroatoms.